The fourth-order valence-electron chi connectivity index (χ4n) is 3.79. The number of methoxy groups -OCH3 is 1. The lowest BCUT2D eigenvalue weighted by Crippen LogP contribution is -2.62. The van der Waals surface area contributed by atoms with Gasteiger partial charge in [0.1, 0.15) is 5.66 Å². The summed E-state index contributed by atoms with van der Waals surface area (Å²) in [6, 6.07) is 7.18. The van der Waals surface area contributed by atoms with Crippen molar-refractivity contribution >= 4 is 23.4 Å². The SMILES string of the molecule is COCCCNC(=O)CCN1C(=O)c2ccccc2N2C(=O)CCC12C. The van der Waals surface area contributed by atoms with Crippen molar-refractivity contribution in [3.8, 4) is 0 Å². The number of benzene rings is 1. The second kappa shape index (κ2) is 7.45. The summed E-state index contributed by atoms with van der Waals surface area (Å²) in [7, 11) is 1.62. The van der Waals surface area contributed by atoms with Crippen LogP contribution in [0.5, 0.6) is 0 Å². The van der Waals surface area contributed by atoms with Gasteiger partial charge in [-0.15, -0.1) is 0 Å². The van der Waals surface area contributed by atoms with E-state index in [0.29, 0.717) is 37.2 Å². The number of nitrogens with zero attached hydrogens (tertiary/aromatic N) is 2. The molecule has 1 unspecified atom stereocenters. The first-order valence-corrected chi connectivity index (χ1v) is 8.99. The summed E-state index contributed by atoms with van der Waals surface area (Å²) in [5.41, 5.74) is 0.474. The molecule has 0 spiro atoms. The van der Waals surface area contributed by atoms with Gasteiger partial charge in [-0.2, -0.15) is 0 Å². The number of amides is 3. The summed E-state index contributed by atoms with van der Waals surface area (Å²) in [6.07, 6.45) is 1.93. The van der Waals surface area contributed by atoms with Crippen LogP contribution in [0.15, 0.2) is 24.3 Å². The number of hydrogen-bond acceptors (Lipinski definition) is 4. The Morgan fingerprint density at radius 3 is 2.85 bits per heavy atom. The molecule has 26 heavy (non-hydrogen) atoms. The van der Waals surface area contributed by atoms with Crippen molar-refractivity contribution in [1.29, 1.82) is 0 Å². The summed E-state index contributed by atoms with van der Waals surface area (Å²) in [4.78, 5) is 41.0. The zero-order chi connectivity index (χ0) is 18.7. The third kappa shape index (κ3) is 3.19. The van der Waals surface area contributed by atoms with Crippen LogP contribution in [0, 0.1) is 0 Å². The number of rotatable bonds is 7. The van der Waals surface area contributed by atoms with Crippen LogP contribution in [0.25, 0.3) is 0 Å². The molecule has 1 fully saturated rings. The molecular weight excluding hydrogens is 334 g/mol. The molecule has 2 heterocycles. The molecule has 0 aliphatic carbocycles. The minimum absolute atomic E-state index is 0.0152. The van der Waals surface area contributed by atoms with E-state index in [9.17, 15) is 14.4 Å². The molecule has 3 rings (SSSR count). The molecule has 0 bridgehead atoms. The second-order valence-corrected chi connectivity index (χ2v) is 6.87. The van der Waals surface area contributed by atoms with E-state index >= 15 is 0 Å². The molecule has 1 aromatic rings. The van der Waals surface area contributed by atoms with E-state index in [2.05, 4.69) is 5.32 Å². The van der Waals surface area contributed by atoms with Gasteiger partial charge in [-0.25, -0.2) is 0 Å². The predicted molar refractivity (Wildman–Crippen MR) is 96.7 cm³/mol. The van der Waals surface area contributed by atoms with E-state index in [1.165, 1.54) is 0 Å². The second-order valence-electron chi connectivity index (χ2n) is 6.87. The van der Waals surface area contributed by atoms with Crippen LogP contribution in [0.3, 0.4) is 0 Å². The van der Waals surface area contributed by atoms with E-state index in [1.807, 2.05) is 19.1 Å². The highest BCUT2D eigenvalue weighted by Gasteiger charge is 2.52. The van der Waals surface area contributed by atoms with Crippen LogP contribution >= 0.6 is 0 Å². The monoisotopic (exact) mass is 359 g/mol. The minimum Gasteiger partial charge on any atom is -0.385 e. The van der Waals surface area contributed by atoms with Crippen molar-refractivity contribution in [2.75, 3.05) is 31.7 Å². The molecule has 0 radical (unpaired) electrons. The van der Waals surface area contributed by atoms with Crippen LogP contribution in [0.2, 0.25) is 0 Å². The first-order chi connectivity index (χ1) is 12.5. The fraction of sp³-hybridized carbons (Fsp3) is 0.526. The van der Waals surface area contributed by atoms with E-state index in [1.54, 1.807) is 29.0 Å². The Labute approximate surface area is 153 Å². The number of ether oxygens (including phenoxy) is 1. The fourth-order valence-corrected chi connectivity index (χ4v) is 3.79. The van der Waals surface area contributed by atoms with Gasteiger partial charge in [0.25, 0.3) is 5.91 Å². The Balaban J connectivity index is 1.74. The summed E-state index contributed by atoms with van der Waals surface area (Å²) in [5, 5.41) is 2.83. The highest BCUT2D eigenvalue weighted by molar-refractivity contribution is 6.10. The number of hydrogen-bond donors (Lipinski definition) is 1. The topological polar surface area (TPSA) is 79.0 Å². The Morgan fingerprint density at radius 2 is 2.08 bits per heavy atom. The highest BCUT2D eigenvalue weighted by Crippen LogP contribution is 2.43. The number of carbonyl (C=O) groups is 3. The summed E-state index contributed by atoms with van der Waals surface area (Å²) < 4.78 is 4.96. The van der Waals surface area contributed by atoms with Crippen LogP contribution in [0.4, 0.5) is 5.69 Å². The third-order valence-electron chi connectivity index (χ3n) is 5.16. The Morgan fingerprint density at radius 1 is 1.31 bits per heavy atom. The van der Waals surface area contributed by atoms with E-state index in [-0.39, 0.29) is 30.7 Å². The lowest BCUT2D eigenvalue weighted by Gasteiger charge is -2.48. The predicted octanol–water partition coefficient (Wildman–Crippen LogP) is 1.53. The number of fused-ring (bicyclic) bond motifs is 3. The van der Waals surface area contributed by atoms with Crippen LogP contribution in [0.1, 0.15) is 43.0 Å². The maximum atomic E-state index is 13.0. The summed E-state index contributed by atoms with van der Waals surface area (Å²) >= 11 is 0. The zero-order valence-electron chi connectivity index (χ0n) is 15.3. The average molecular weight is 359 g/mol. The molecule has 7 heteroatoms. The van der Waals surface area contributed by atoms with Crippen LogP contribution < -0.4 is 10.2 Å². The molecule has 1 atom stereocenters. The number of nitrogens with one attached hydrogen (secondary N) is 1. The van der Waals surface area contributed by atoms with Crippen LogP contribution in [-0.4, -0.2) is 55.1 Å². The zero-order valence-corrected chi connectivity index (χ0v) is 15.3. The maximum Gasteiger partial charge on any atom is 0.257 e. The molecule has 140 valence electrons. The number of para-hydroxylation sites is 1. The van der Waals surface area contributed by atoms with Gasteiger partial charge in [0.05, 0.1) is 11.3 Å². The van der Waals surface area contributed by atoms with Crippen molar-refractivity contribution in [2.24, 2.45) is 0 Å². The third-order valence-corrected chi connectivity index (χ3v) is 5.16. The molecule has 1 aromatic carbocycles. The van der Waals surface area contributed by atoms with Gasteiger partial charge in [0.2, 0.25) is 11.8 Å². The van der Waals surface area contributed by atoms with Gasteiger partial charge in [-0.3, -0.25) is 19.3 Å². The first-order valence-electron chi connectivity index (χ1n) is 8.99. The molecule has 1 N–H and O–H groups in total. The van der Waals surface area contributed by atoms with E-state index in [4.69, 9.17) is 4.74 Å². The Bertz CT molecular complexity index is 720. The summed E-state index contributed by atoms with van der Waals surface area (Å²) in [6.45, 7) is 3.33. The highest BCUT2D eigenvalue weighted by atomic mass is 16.5. The first kappa shape index (κ1) is 18.4. The number of carbonyl (C=O) groups excluding carboxylic acids is 3. The molecule has 0 aromatic heterocycles. The molecule has 3 amide bonds. The van der Waals surface area contributed by atoms with Gasteiger partial charge in [-0.1, -0.05) is 12.1 Å². The molecule has 7 nitrogen and oxygen atoms in total. The van der Waals surface area contributed by atoms with Gasteiger partial charge in [0.15, 0.2) is 0 Å². The lowest BCUT2D eigenvalue weighted by atomic mass is 9.98. The normalized spacial score (nSPS) is 21.6. The molecule has 2 aliphatic rings. The Hall–Kier alpha value is -2.41. The smallest absolute Gasteiger partial charge is 0.257 e. The lowest BCUT2D eigenvalue weighted by molar-refractivity contribution is -0.121. The largest absolute Gasteiger partial charge is 0.385 e. The van der Waals surface area contributed by atoms with Crippen molar-refractivity contribution in [1.82, 2.24) is 10.2 Å². The molecule has 1 saturated heterocycles. The minimum atomic E-state index is -0.709. The number of anilines is 1. The van der Waals surface area contributed by atoms with Crippen molar-refractivity contribution < 1.29 is 19.1 Å². The van der Waals surface area contributed by atoms with Crippen molar-refractivity contribution in [2.45, 2.75) is 38.3 Å². The molecule has 0 saturated carbocycles. The maximum absolute atomic E-state index is 13.0. The molecule has 2 aliphatic heterocycles. The van der Waals surface area contributed by atoms with Gasteiger partial charge in [0, 0.05) is 39.6 Å². The molecular formula is C19H25N3O4. The van der Waals surface area contributed by atoms with E-state index in [0.717, 1.165) is 6.42 Å². The summed E-state index contributed by atoms with van der Waals surface area (Å²) in [5.74, 6) is -0.213. The van der Waals surface area contributed by atoms with Gasteiger partial charge < -0.3 is 15.0 Å². The standard InChI is InChI=1S/C19H25N3O4/c1-19-10-8-17(24)22(19)15-7-4-3-6-14(15)18(25)21(19)12-9-16(23)20-11-5-13-26-2/h3-4,6-7H,5,8-13H2,1-2H3,(H,20,23). The van der Waals surface area contributed by atoms with Gasteiger partial charge in [-0.05, 0) is 31.9 Å². The van der Waals surface area contributed by atoms with E-state index < -0.39 is 5.66 Å². The van der Waals surface area contributed by atoms with Crippen molar-refractivity contribution in [3.05, 3.63) is 29.8 Å². The van der Waals surface area contributed by atoms with Crippen molar-refractivity contribution in [3.63, 3.8) is 0 Å². The quantitative estimate of drug-likeness (QED) is 0.749. The average Bonchev–Trinajstić information content (AvgIpc) is 2.94. The Kier molecular flexibility index (Phi) is 5.27. The van der Waals surface area contributed by atoms with Gasteiger partial charge >= 0.3 is 0 Å². The van der Waals surface area contributed by atoms with Crippen LogP contribution in [-0.2, 0) is 14.3 Å².